The highest BCUT2D eigenvalue weighted by Gasteiger charge is 2.23. The zero-order valence-electron chi connectivity index (χ0n) is 10.6. The fourth-order valence-corrected chi connectivity index (χ4v) is 4.03. The Hall–Kier alpha value is -0.130. The number of hydrogen-bond donors (Lipinski definition) is 1. The maximum atomic E-state index is 12.2. The van der Waals surface area contributed by atoms with Crippen LogP contribution >= 0.6 is 34.5 Å². The van der Waals surface area contributed by atoms with Gasteiger partial charge < -0.3 is 5.11 Å². The molecule has 6 heteroatoms. The molecule has 1 aliphatic rings. The summed E-state index contributed by atoms with van der Waals surface area (Å²) >= 11 is 13.1. The number of rotatable bonds is 5. The van der Waals surface area contributed by atoms with Gasteiger partial charge in [-0.05, 0) is 37.8 Å². The van der Waals surface area contributed by atoms with E-state index in [2.05, 4.69) is 4.90 Å². The number of aliphatic hydroxyl groups is 1. The Morgan fingerprint density at radius 1 is 1.53 bits per heavy atom. The van der Waals surface area contributed by atoms with E-state index in [1.807, 2.05) is 0 Å². The van der Waals surface area contributed by atoms with Crippen molar-refractivity contribution in [3.05, 3.63) is 20.3 Å². The SMILES string of the molecule is O=C(CN1CCCC(CCO)C1)c1cc(Cl)sc1Cl. The molecule has 0 aromatic carbocycles. The van der Waals surface area contributed by atoms with Gasteiger partial charge in [-0.25, -0.2) is 0 Å². The van der Waals surface area contributed by atoms with Crippen LogP contribution < -0.4 is 0 Å². The third kappa shape index (κ3) is 4.17. The minimum atomic E-state index is 0.0257. The maximum absolute atomic E-state index is 12.2. The minimum absolute atomic E-state index is 0.0257. The van der Waals surface area contributed by atoms with E-state index in [0.717, 1.165) is 32.4 Å². The van der Waals surface area contributed by atoms with E-state index in [1.165, 1.54) is 11.3 Å². The Morgan fingerprint density at radius 3 is 2.95 bits per heavy atom. The molecule has 0 bridgehead atoms. The second-order valence-corrected chi connectivity index (χ2v) is 7.20. The van der Waals surface area contributed by atoms with Gasteiger partial charge in [0.25, 0.3) is 0 Å². The molecule has 1 aromatic rings. The first kappa shape index (κ1) is 15.3. The largest absolute Gasteiger partial charge is 0.396 e. The highest BCUT2D eigenvalue weighted by Crippen LogP contribution is 2.31. The summed E-state index contributed by atoms with van der Waals surface area (Å²) in [5, 5.41) is 8.99. The van der Waals surface area contributed by atoms with Gasteiger partial charge in [-0.3, -0.25) is 9.69 Å². The molecule has 0 spiro atoms. The second kappa shape index (κ2) is 7.04. The molecule has 0 saturated carbocycles. The second-order valence-electron chi connectivity index (χ2n) is 4.92. The monoisotopic (exact) mass is 321 g/mol. The molecule has 1 fully saturated rings. The topological polar surface area (TPSA) is 40.5 Å². The third-order valence-electron chi connectivity index (χ3n) is 3.46. The molecule has 1 N–H and O–H groups in total. The van der Waals surface area contributed by atoms with Gasteiger partial charge >= 0.3 is 0 Å². The van der Waals surface area contributed by atoms with Gasteiger partial charge in [-0.2, -0.15) is 0 Å². The van der Waals surface area contributed by atoms with Crippen LogP contribution in [0, 0.1) is 5.92 Å². The summed E-state index contributed by atoms with van der Waals surface area (Å²) in [6.45, 7) is 2.41. The van der Waals surface area contributed by atoms with Crippen molar-refractivity contribution in [2.75, 3.05) is 26.2 Å². The molecule has 1 aliphatic heterocycles. The lowest BCUT2D eigenvalue weighted by Gasteiger charge is -2.31. The van der Waals surface area contributed by atoms with E-state index in [1.54, 1.807) is 6.07 Å². The van der Waals surface area contributed by atoms with Crippen molar-refractivity contribution in [1.82, 2.24) is 4.90 Å². The summed E-state index contributed by atoms with van der Waals surface area (Å²) in [5.74, 6) is 0.519. The smallest absolute Gasteiger partial charge is 0.179 e. The van der Waals surface area contributed by atoms with Crippen LogP contribution in [-0.4, -0.2) is 42.0 Å². The average molecular weight is 322 g/mol. The summed E-state index contributed by atoms with van der Waals surface area (Å²) in [4.78, 5) is 14.3. The maximum Gasteiger partial charge on any atom is 0.179 e. The fraction of sp³-hybridized carbons (Fsp3) is 0.615. The molecule has 19 heavy (non-hydrogen) atoms. The molecule has 1 atom stereocenters. The van der Waals surface area contributed by atoms with Gasteiger partial charge in [0.15, 0.2) is 5.78 Å². The third-order valence-corrected chi connectivity index (χ3v) is 4.95. The van der Waals surface area contributed by atoms with Gasteiger partial charge in [0.1, 0.15) is 4.34 Å². The highest BCUT2D eigenvalue weighted by atomic mass is 35.5. The summed E-state index contributed by atoms with van der Waals surface area (Å²) in [5.41, 5.74) is 0.529. The number of Topliss-reactive ketones (excluding diaryl/α,β-unsaturated/α-hetero) is 1. The van der Waals surface area contributed by atoms with Gasteiger partial charge in [0.05, 0.1) is 16.4 Å². The molecular weight excluding hydrogens is 305 g/mol. The van der Waals surface area contributed by atoms with Crippen molar-refractivity contribution in [2.45, 2.75) is 19.3 Å². The average Bonchev–Trinajstić information content (AvgIpc) is 2.69. The zero-order valence-corrected chi connectivity index (χ0v) is 12.9. The number of aliphatic hydroxyl groups excluding tert-OH is 1. The van der Waals surface area contributed by atoms with Crippen molar-refractivity contribution in [3.63, 3.8) is 0 Å². The van der Waals surface area contributed by atoms with Crippen molar-refractivity contribution in [1.29, 1.82) is 0 Å². The molecule has 0 amide bonds. The van der Waals surface area contributed by atoms with Gasteiger partial charge in [0, 0.05) is 13.2 Å². The summed E-state index contributed by atoms with van der Waals surface area (Å²) in [6.07, 6.45) is 3.03. The van der Waals surface area contributed by atoms with Gasteiger partial charge in [0.2, 0.25) is 0 Å². The predicted octanol–water partition coefficient (Wildman–Crippen LogP) is 3.33. The van der Waals surface area contributed by atoms with Crippen LogP contribution in [0.3, 0.4) is 0 Å². The van der Waals surface area contributed by atoms with Crippen LogP contribution in [0.15, 0.2) is 6.07 Å². The number of likely N-dealkylation sites (tertiary alicyclic amines) is 1. The number of piperidine rings is 1. The highest BCUT2D eigenvalue weighted by molar-refractivity contribution is 7.20. The lowest BCUT2D eigenvalue weighted by molar-refractivity contribution is 0.0872. The number of thiophene rings is 1. The minimum Gasteiger partial charge on any atom is -0.396 e. The first-order valence-corrected chi connectivity index (χ1v) is 7.98. The standard InChI is InChI=1S/C13H17Cl2NO2S/c14-12-6-10(13(15)19-12)11(18)8-16-4-1-2-9(7-16)3-5-17/h6,9,17H,1-5,7-8H2. The van der Waals surface area contributed by atoms with Crippen molar-refractivity contribution in [3.8, 4) is 0 Å². The summed E-state index contributed by atoms with van der Waals surface area (Å²) < 4.78 is 1.02. The first-order chi connectivity index (χ1) is 9.10. The molecule has 1 saturated heterocycles. The van der Waals surface area contributed by atoms with E-state index in [9.17, 15) is 4.79 Å². The Bertz CT molecular complexity index is 448. The number of carbonyl (C=O) groups is 1. The van der Waals surface area contributed by atoms with E-state index >= 15 is 0 Å². The number of hydrogen-bond acceptors (Lipinski definition) is 4. The lowest BCUT2D eigenvalue weighted by atomic mass is 9.95. The summed E-state index contributed by atoms with van der Waals surface area (Å²) in [6, 6.07) is 1.64. The Balaban J connectivity index is 1.93. The predicted molar refractivity (Wildman–Crippen MR) is 79.5 cm³/mol. The number of nitrogens with zero attached hydrogens (tertiary/aromatic N) is 1. The van der Waals surface area contributed by atoms with Crippen molar-refractivity contribution >= 4 is 40.3 Å². The molecule has 2 heterocycles. The molecule has 2 rings (SSSR count). The molecule has 3 nitrogen and oxygen atoms in total. The van der Waals surface area contributed by atoms with E-state index in [0.29, 0.717) is 26.7 Å². The summed E-state index contributed by atoms with van der Waals surface area (Å²) in [7, 11) is 0. The van der Waals surface area contributed by atoms with Crippen LogP contribution in [0.5, 0.6) is 0 Å². The fourth-order valence-electron chi connectivity index (χ4n) is 2.53. The van der Waals surface area contributed by atoms with Crippen molar-refractivity contribution in [2.24, 2.45) is 5.92 Å². The Kier molecular flexibility index (Phi) is 5.66. The van der Waals surface area contributed by atoms with Crippen LogP contribution in [0.4, 0.5) is 0 Å². The molecular formula is C13H17Cl2NO2S. The quantitative estimate of drug-likeness (QED) is 0.846. The Labute approximate surface area is 127 Å². The Morgan fingerprint density at radius 2 is 2.32 bits per heavy atom. The van der Waals surface area contributed by atoms with Crippen LogP contribution in [0.2, 0.25) is 8.67 Å². The van der Waals surface area contributed by atoms with Crippen LogP contribution in [0.1, 0.15) is 29.6 Å². The number of halogens is 2. The molecule has 0 aliphatic carbocycles. The number of ketones is 1. The van der Waals surface area contributed by atoms with Crippen LogP contribution in [-0.2, 0) is 0 Å². The first-order valence-electron chi connectivity index (χ1n) is 6.41. The number of carbonyl (C=O) groups excluding carboxylic acids is 1. The zero-order chi connectivity index (χ0) is 13.8. The van der Waals surface area contributed by atoms with Gasteiger partial charge in [-0.1, -0.05) is 23.2 Å². The normalized spacial score (nSPS) is 20.7. The molecule has 1 unspecified atom stereocenters. The van der Waals surface area contributed by atoms with E-state index < -0.39 is 0 Å². The van der Waals surface area contributed by atoms with Crippen molar-refractivity contribution < 1.29 is 9.90 Å². The lowest BCUT2D eigenvalue weighted by Crippen LogP contribution is -2.39. The molecule has 106 valence electrons. The molecule has 0 radical (unpaired) electrons. The van der Waals surface area contributed by atoms with E-state index in [4.69, 9.17) is 28.3 Å². The van der Waals surface area contributed by atoms with E-state index in [-0.39, 0.29) is 12.4 Å². The van der Waals surface area contributed by atoms with Gasteiger partial charge in [-0.15, -0.1) is 11.3 Å². The van der Waals surface area contributed by atoms with Crippen LogP contribution in [0.25, 0.3) is 0 Å². The molecule has 1 aromatic heterocycles.